The fourth-order valence-corrected chi connectivity index (χ4v) is 1.79. The van der Waals surface area contributed by atoms with Crippen LogP contribution in [0.3, 0.4) is 0 Å². The number of aliphatic hydroxyl groups excluding tert-OH is 1. The normalized spacial score (nSPS) is 12.1. The standard InChI is InChI=1S/C14H20O3/c1-12(16)17-11-14(9-5-6-10-15)13-7-3-2-4-8-13/h2-4,7-8,14-15H,5-6,9-11H2,1H3. The Morgan fingerprint density at radius 2 is 2.00 bits per heavy atom. The van der Waals surface area contributed by atoms with Gasteiger partial charge in [0.05, 0.1) is 6.61 Å². The van der Waals surface area contributed by atoms with Crippen molar-refractivity contribution < 1.29 is 14.6 Å². The molecule has 1 aromatic carbocycles. The van der Waals surface area contributed by atoms with E-state index in [1.54, 1.807) is 0 Å². The molecular formula is C14H20O3. The summed E-state index contributed by atoms with van der Waals surface area (Å²) >= 11 is 0. The maximum absolute atomic E-state index is 10.8. The maximum atomic E-state index is 10.8. The predicted molar refractivity (Wildman–Crippen MR) is 66.8 cm³/mol. The summed E-state index contributed by atoms with van der Waals surface area (Å²) in [4.78, 5) is 10.8. The van der Waals surface area contributed by atoms with Gasteiger partial charge in [-0.3, -0.25) is 4.79 Å². The number of hydrogen-bond donors (Lipinski definition) is 1. The van der Waals surface area contributed by atoms with Crippen molar-refractivity contribution in [3.05, 3.63) is 35.9 Å². The molecular weight excluding hydrogens is 216 g/mol. The van der Waals surface area contributed by atoms with E-state index in [-0.39, 0.29) is 18.5 Å². The third-order valence-corrected chi connectivity index (χ3v) is 2.72. The number of unbranched alkanes of at least 4 members (excludes halogenated alkanes) is 1. The van der Waals surface area contributed by atoms with Crippen LogP contribution in [0.15, 0.2) is 30.3 Å². The van der Waals surface area contributed by atoms with Crippen molar-refractivity contribution in [2.75, 3.05) is 13.2 Å². The molecule has 17 heavy (non-hydrogen) atoms. The molecule has 1 rings (SSSR count). The van der Waals surface area contributed by atoms with Gasteiger partial charge in [0.25, 0.3) is 0 Å². The van der Waals surface area contributed by atoms with Gasteiger partial charge >= 0.3 is 5.97 Å². The van der Waals surface area contributed by atoms with Crippen molar-refractivity contribution in [2.24, 2.45) is 0 Å². The van der Waals surface area contributed by atoms with Crippen LogP contribution in [-0.2, 0) is 9.53 Å². The van der Waals surface area contributed by atoms with Gasteiger partial charge in [-0.1, -0.05) is 36.8 Å². The van der Waals surface area contributed by atoms with Crippen molar-refractivity contribution in [1.29, 1.82) is 0 Å². The van der Waals surface area contributed by atoms with Crippen LogP contribution >= 0.6 is 0 Å². The fourth-order valence-electron chi connectivity index (χ4n) is 1.79. The van der Waals surface area contributed by atoms with Crippen molar-refractivity contribution in [1.82, 2.24) is 0 Å². The lowest BCUT2D eigenvalue weighted by atomic mass is 9.94. The first kappa shape index (κ1) is 13.7. The molecule has 0 aliphatic rings. The van der Waals surface area contributed by atoms with E-state index in [1.807, 2.05) is 30.3 Å². The van der Waals surface area contributed by atoms with Gasteiger partial charge in [0.2, 0.25) is 0 Å². The zero-order chi connectivity index (χ0) is 12.5. The quantitative estimate of drug-likeness (QED) is 0.584. The van der Waals surface area contributed by atoms with E-state index in [1.165, 1.54) is 12.5 Å². The van der Waals surface area contributed by atoms with E-state index in [0.717, 1.165) is 19.3 Å². The first-order valence-corrected chi connectivity index (χ1v) is 6.03. The van der Waals surface area contributed by atoms with Gasteiger partial charge < -0.3 is 9.84 Å². The zero-order valence-corrected chi connectivity index (χ0v) is 10.3. The van der Waals surface area contributed by atoms with Crippen LogP contribution in [0.2, 0.25) is 0 Å². The SMILES string of the molecule is CC(=O)OCC(CCCCO)c1ccccc1. The summed E-state index contributed by atoms with van der Waals surface area (Å²) in [5, 5.41) is 8.78. The molecule has 0 aliphatic carbocycles. The highest BCUT2D eigenvalue weighted by Gasteiger charge is 2.12. The number of esters is 1. The first-order chi connectivity index (χ1) is 8.24. The second-order valence-electron chi connectivity index (χ2n) is 4.13. The second kappa shape index (κ2) is 7.85. The average Bonchev–Trinajstić information content (AvgIpc) is 2.34. The maximum Gasteiger partial charge on any atom is 0.302 e. The summed E-state index contributed by atoms with van der Waals surface area (Å²) in [5.41, 5.74) is 1.19. The van der Waals surface area contributed by atoms with Crippen LogP contribution in [0.25, 0.3) is 0 Å². The fraction of sp³-hybridized carbons (Fsp3) is 0.500. The van der Waals surface area contributed by atoms with Gasteiger partial charge in [-0.05, 0) is 18.4 Å². The Labute approximate surface area is 102 Å². The van der Waals surface area contributed by atoms with E-state index in [0.29, 0.717) is 6.61 Å². The molecule has 0 aliphatic heterocycles. The lowest BCUT2D eigenvalue weighted by Crippen LogP contribution is -2.11. The molecule has 3 heteroatoms. The molecule has 3 nitrogen and oxygen atoms in total. The van der Waals surface area contributed by atoms with Crippen LogP contribution < -0.4 is 0 Å². The Hall–Kier alpha value is -1.35. The number of ether oxygens (including phenoxy) is 1. The number of hydrogen-bond acceptors (Lipinski definition) is 3. The smallest absolute Gasteiger partial charge is 0.302 e. The lowest BCUT2D eigenvalue weighted by molar-refractivity contribution is -0.141. The number of benzene rings is 1. The van der Waals surface area contributed by atoms with E-state index in [9.17, 15) is 4.79 Å². The van der Waals surface area contributed by atoms with Crippen molar-refractivity contribution in [3.63, 3.8) is 0 Å². The molecule has 0 radical (unpaired) electrons. The summed E-state index contributed by atoms with van der Waals surface area (Å²) in [6, 6.07) is 10.0. The van der Waals surface area contributed by atoms with Gasteiger partial charge in [0.15, 0.2) is 0 Å². The Balaban J connectivity index is 2.55. The van der Waals surface area contributed by atoms with E-state index >= 15 is 0 Å². The van der Waals surface area contributed by atoms with Gasteiger partial charge in [-0.25, -0.2) is 0 Å². The van der Waals surface area contributed by atoms with E-state index in [2.05, 4.69) is 0 Å². The molecule has 0 spiro atoms. The van der Waals surface area contributed by atoms with Crippen LogP contribution in [-0.4, -0.2) is 24.3 Å². The summed E-state index contributed by atoms with van der Waals surface area (Å²) < 4.78 is 5.09. The van der Waals surface area contributed by atoms with Crippen LogP contribution in [0.1, 0.15) is 37.7 Å². The number of aliphatic hydroxyl groups is 1. The summed E-state index contributed by atoms with van der Waals surface area (Å²) in [6.07, 6.45) is 2.67. The van der Waals surface area contributed by atoms with Crippen LogP contribution in [0, 0.1) is 0 Å². The topological polar surface area (TPSA) is 46.5 Å². The van der Waals surface area contributed by atoms with Crippen LogP contribution in [0.4, 0.5) is 0 Å². The molecule has 0 amide bonds. The highest BCUT2D eigenvalue weighted by Crippen LogP contribution is 2.22. The molecule has 0 heterocycles. The van der Waals surface area contributed by atoms with E-state index in [4.69, 9.17) is 9.84 Å². The molecule has 1 N–H and O–H groups in total. The average molecular weight is 236 g/mol. The first-order valence-electron chi connectivity index (χ1n) is 6.03. The van der Waals surface area contributed by atoms with E-state index < -0.39 is 0 Å². The summed E-state index contributed by atoms with van der Waals surface area (Å²) in [6.45, 7) is 2.07. The molecule has 1 atom stereocenters. The van der Waals surface area contributed by atoms with Crippen molar-refractivity contribution >= 4 is 5.97 Å². The minimum atomic E-state index is -0.243. The highest BCUT2D eigenvalue weighted by molar-refractivity contribution is 5.65. The van der Waals surface area contributed by atoms with Gasteiger partial charge in [-0.2, -0.15) is 0 Å². The molecule has 0 bridgehead atoms. The summed E-state index contributed by atoms with van der Waals surface area (Å²) in [7, 11) is 0. The Bertz CT molecular complexity index is 321. The van der Waals surface area contributed by atoms with Crippen molar-refractivity contribution in [3.8, 4) is 0 Å². The Morgan fingerprint density at radius 1 is 1.29 bits per heavy atom. The number of rotatable bonds is 7. The third-order valence-electron chi connectivity index (χ3n) is 2.72. The van der Waals surface area contributed by atoms with Gasteiger partial charge in [0.1, 0.15) is 0 Å². The van der Waals surface area contributed by atoms with Crippen LogP contribution in [0.5, 0.6) is 0 Å². The Kier molecular flexibility index (Phi) is 6.33. The zero-order valence-electron chi connectivity index (χ0n) is 10.3. The molecule has 1 unspecified atom stereocenters. The Morgan fingerprint density at radius 3 is 2.59 bits per heavy atom. The molecule has 0 fully saturated rings. The number of carbonyl (C=O) groups excluding carboxylic acids is 1. The largest absolute Gasteiger partial charge is 0.465 e. The number of carbonyl (C=O) groups is 1. The highest BCUT2D eigenvalue weighted by atomic mass is 16.5. The molecule has 0 saturated heterocycles. The van der Waals surface area contributed by atoms with Crippen molar-refractivity contribution in [2.45, 2.75) is 32.1 Å². The predicted octanol–water partition coefficient (Wildman–Crippen LogP) is 2.50. The molecule has 0 saturated carbocycles. The summed E-state index contributed by atoms with van der Waals surface area (Å²) in [5.74, 6) is -0.0141. The minimum absolute atomic E-state index is 0.217. The molecule has 0 aromatic heterocycles. The van der Waals surface area contributed by atoms with Gasteiger partial charge in [0, 0.05) is 19.4 Å². The minimum Gasteiger partial charge on any atom is -0.465 e. The molecule has 94 valence electrons. The lowest BCUT2D eigenvalue weighted by Gasteiger charge is -2.16. The third kappa shape index (κ3) is 5.50. The van der Waals surface area contributed by atoms with Gasteiger partial charge in [-0.15, -0.1) is 0 Å². The monoisotopic (exact) mass is 236 g/mol. The molecule has 1 aromatic rings. The second-order valence-corrected chi connectivity index (χ2v) is 4.13.